The second-order valence-electron chi connectivity index (χ2n) is 7.57. The van der Waals surface area contributed by atoms with Crippen molar-refractivity contribution in [2.45, 2.75) is 50.8 Å². The summed E-state index contributed by atoms with van der Waals surface area (Å²) in [6, 6.07) is 9.91. The molecule has 0 unspecified atom stereocenters. The standard InChI is InChI=1S/C21H32N4O3/c1-3-11-23-21(27)24-12-9-16(10-13-24)25-15-18(14-19(25)20(26)22-2)28-17-7-5-4-6-8-17/h4-8,16,18-19H,3,9-15H2,1-2H3,(H,22,26)(H,23,27)/t18-,19-/m0/s1. The van der Waals surface area contributed by atoms with Crippen LogP contribution < -0.4 is 15.4 Å². The lowest BCUT2D eigenvalue weighted by atomic mass is 10.0. The van der Waals surface area contributed by atoms with E-state index in [1.54, 1.807) is 7.05 Å². The summed E-state index contributed by atoms with van der Waals surface area (Å²) < 4.78 is 6.13. The van der Waals surface area contributed by atoms with E-state index in [9.17, 15) is 9.59 Å². The second-order valence-corrected chi connectivity index (χ2v) is 7.57. The number of likely N-dealkylation sites (tertiary alicyclic amines) is 2. The quantitative estimate of drug-likeness (QED) is 0.780. The van der Waals surface area contributed by atoms with Crippen molar-refractivity contribution in [3.05, 3.63) is 30.3 Å². The highest BCUT2D eigenvalue weighted by Crippen LogP contribution is 2.29. The molecule has 2 N–H and O–H groups in total. The molecule has 0 radical (unpaired) electrons. The predicted molar refractivity (Wildman–Crippen MR) is 108 cm³/mol. The summed E-state index contributed by atoms with van der Waals surface area (Å²) in [5, 5.41) is 5.75. The van der Waals surface area contributed by atoms with Gasteiger partial charge in [0.25, 0.3) is 0 Å². The van der Waals surface area contributed by atoms with Crippen molar-refractivity contribution in [3.63, 3.8) is 0 Å². The largest absolute Gasteiger partial charge is 0.489 e. The number of rotatable bonds is 6. The van der Waals surface area contributed by atoms with Crippen LogP contribution in [0.25, 0.3) is 0 Å². The zero-order valence-electron chi connectivity index (χ0n) is 16.9. The molecule has 2 atom stereocenters. The second kappa shape index (κ2) is 9.78. The number of urea groups is 1. The highest BCUT2D eigenvalue weighted by molar-refractivity contribution is 5.82. The lowest BCUT2D eigenvalue weighted by molar-refractivity contribution is -0.126. The molecule has 28 heavy (non-hydrogen) atoms. The number of hydrogen-bond acceptors (Lipinski definition) is 4. The maximum Gasteiger partial charge on any atom is 0.317 e. The Morgan fingerprint density at radius 2 is 1.89 bits per heavy atom. The number of para-hydroxylation sites is 1. The van der Waals surface area contributed by atoms with E-state index in [0.29, 0.717) is 19.0 Å². The van der Waals surface area contributed by atoms with Gasteiger partial charge in [-0.2, -0.15) is 0 Å². The topological polar surface area (TPSA) is 73.9 Å². The Labute approximate surface area is 167 Å². The molecule has 2 fully saturated rings. The number of carbonyl (C=O) groups excluding carboxylic acids is 2. The minimum atomic E-state index is -0.177. The number of piperidine rings is 1. The minimum absolute atomic E-state index is 0.00409. The Kier molecular flexibility index (Phi) is 7.14. The molecule has 0 bridgehead atoms. The van der Waals surface area contributed by atoms with Crippen LogP contribution in [-0.4, -0.2) is 73.2 Å². The molecule has 3 rings (SSSR count). The van der Waals surface area contributed by atoms with Crippen LogP contribution in [0.4, 0.5) is 4.79 Å². The summed E-state index contributed by atoms with van der Waals surface area (Å²) in [5.74, 6) is 0.884. The average Bonchev–Trinajstić information content (AvgIpc) is 3.16. The van der Waals surface area contributed by atoms with E-state index < -0.39 is 0 Å². The molecule has 1 aromatic rings. The SMILES string of the molecule is CCCNC(=O)N1CCC(N2C[C@@H](Oc3ccccc3)C[C@H]2C(=O)NC)CC1. The molecule has 1 aromatic carbocycles. The Balaban J connectivity index is 1.59. The molecular formula is C21H32N4O3. The average molecular weight is 389 g/mol. The minimum Gasteiger partial charge on any atom is -0.489 e. The first kappa shape index (κ1) is 20.5. The Morgan fingerprint density at radius 1 is 1.18 bits per heavy atom. The summed E-state index contributed by atoms with van der Waals surface area (Å²) in [7, 11) is 1.69. The normalized spacial score (nSPS) is 23.4. The van der Waals surface area contributed by atoms with Gasteiger partial charge in [0.05, 0.1) is 6.04 Å². The van der Waals surface area contributed by atoms with Crippen molar-refractivity contribution in [3.8, 4) is 5.75 Å². The first-order chi connectivity index (χ1) is 13.6. The first-order valence-corrected chi connectivity index (χ1v) is 10.3. The number of nitrogens with zero attached hydrogens (tertiary/aromatic N) is 2. The van der Waals surface area contributed by atoms with E-state index in [1.165, 1.54) is 0 Å². The van der Waals surface area contributed by atoms with Crippen molar-refractivity contribution in [1.82, 2.24) is 20.4 Å². The third-order valence-corrected chi connectivity index (χ3v) is 5.64. The smallest absolute Gasteiger partial charge is 0.317 e. The molecular weight excluding hydrogens is 356 g/mol. The molecule has 3 amide bonds. The lowest BCUT2D eigenvalue weighted by Gasteiger charge is -2.38. The molecule has 2 aliphatic rings. The van der Waals surface area contributed by atoms with Crippen LogP contribution in [0.1, 0.15) is 32.6 Å². The maximum absolute atomic E-state index is 12.5. The lowest BCUT2D eigenvalue weighted by Crippen LogP contribution is -2.53. The predicted octanol–water partition coefficient (Wildman–Crippen LogP) is 1.84. The van der Waals surface area contributed by atoms with Crippen molar-refractivity contribution in [1.29, 1.82) is 0 Å². The fraction of sp³-hybridized carbons (Fsp3) is 0.619. The van der Waals surface area contributed by atoms with Gasteiger partial charge in [-0.05, 0) is 31.4 Å². The first-order valence-electron chi connectivity index (χ1n) is 10.3. The fourth-order valence-corrected chi connectivity index (χ4v) is 4.17. The summed E-state index contributed by atoms with van der Waals surface area (Å²) in [6.45, 7) is 4.94. The number of ether oxygens (including phenoxy) is 1. The highest BCUT2D eigenvalue weighted by Gasteiger charge is 2.42. The number of nitrogens with one attached hydrogen (secondary N) is 2. The third-order valence-electron chi connectivity index (χ3n) is 5.64. The van der Waals surface area contributed by atoms with Gasteiger partial charge in [0.2, 0.25) is 5.91 Å². The van der Waals surface area contributed by atoms with Crippen LogP contribution in [0, 0.1) is 0 Å². The highest BCUT2D eigenvalue weighted by atomic mass is 16.5. The summed E-state index contributed by atoms with van der Waals surface area (Å²) in [5.41, 5.74) is 0. The van der Waals surface area contributed by atoms with Gasteiger partial charge in [-0.15, -0.1) is 0 Å². The van der Waals surface area contributed by atoms with Crippen molar-refractivity contribution < 1.29 is 14.3 Å². The van der Waals surface area contributed by atoms with Gasteiger partial charge in [-0.1, -0.05) is 25.1 Å². The van der Waals surface area contributed by atoms with E-state index in [2.05, 4.69) is 15.5 Å². The zero-order chi connectivity index (χ0) is 19.9. The van der Waals surface area contributed by atoms with Crippen LogP contribution in [-0.2, 0) is 4.79 Å². The summed E-state index contributed by atoms with van der Waals surface area (Å²) in [4.78, 5) is 28.8. The number of hydrogen-bond donors (Lipinski definition) is 2. The van der Waals surface area contributed by atoms with E-state index in [-0.39, 0.29) is 24.1 Å². The van der Waals surface area contributed by atoms with Gasteiger partial charge in [-0.25, -0.2) is 4.79 Å². The van der Waals surface area contributed by atoms with E-state index in [1.807, 2.05) is 42.2 Å². The van der Waals surface area contributed by atoms with E-state index in [4.69, 9.17) is 4.74 Å². The van der Waals surface area contributed by atoms with Gasteiger partial charge in [0.15, 0.2) is 0 Å². The summed E-state index contributed by atoms with van der Waals surface area (Å²) >= 11 is 0. The van der Waals surface area contributed by atoms with Gasteiger partial charge in [0.1, 0.15) is 11.9 Å². The van der Waals surface area contributed by atoms with Crippen LogP contribution in [0.2, 0.25) is 0 Å². The monoisotopic (exact) mass is 388 g/mol. The number of amides is 3. The van der Waals surface area contributed by atoms with Crippen LogP contribution in [0.5, 0.6) is 5.75 Å². The van der Waals surface area contributed by atoms with Crippen molar-refractivity contribution >= 4 is 11.9 Å². The Bertz CT molecular complexity index is 646. The fourth-order valence-electron chi connectivity index (χ4n) is 4.17. The van der Waals surface area contributed by atoms with Gasteiger partial charge < -0.3 is 20.3 Å². The third kappa shape index (κ3) is 4.95. The Hall–Kier alpha value is -2.28. The Morgan fingerprint density at radius 3 is 2.54 bits per heavy atom. The molecule has 7 nitrogen and oxygen atoms in total. The van der Waals surface area contributed by atoms with E-state index >= 15 is 0 Å². The van der Waals surface area contributed by atoms with Gasteiger partial charge >= 0.3 is 6.03 Å². The molecule has 0 aromatic heterocycles. The van der Waals surface area contributed by atoms with Crippen molar-refractivity contribution in [2.24, 2.45) is 0 Å². The molecule has 0 saturated carbocycles. The summed E-state index contributed by atoms with van der Waals surface area (Å²) in [6.07, 6.45) is 3.38. The molecule has 0 aliphatic carbocycles. The van der Waals surface area contributed by atoms with Gasteiger partial charge in [-0.3, -0.25) is 9.69 Å². The maximum atomic E-state index is 12.5. The van der Waals surface area contributed by atoms with Gasteiger partial charge in [0, 0.05) is 45.7 Å². The number of benzene rings is 1. The molecule has 2 saturated heterocycles. The van der Waals surface area contributed by atoms with Crippen molar-refractivity contribution in [2.75, 3.05) is 33.2 Å². The van der Waals surface area contributed by atoms with E-state index in [0.717, 1.165) is 44.6 Å². The van der Waals surface area contributed by atoms with Crippen LogP contribution >= 0.6 is 0 Å². The van der Waals surface area contributed by atoms with Crippen LogP contribution in [0.3, 0.4) is 0 Å². The zero-order valence-corrected chi connectivity index (χ0v) is 16.9. The molecule has 7 heteroatoms. The molecule has 2 aliphatic heterocycles. The number of carbonyl (C=O) groups is 2. The molecule has 154 valence electrons. The number of likely N-dealkylation sites (N-methyl/N-ethyl adjacent to an activating group) is 1. The molecule has 2 heterocycles. The molecule has 0 spiro atoms. The van der Waals surface area contributed by atoms with Crippen LogP contribution in [0.15, 0.2) is 30.3 Å².